The van der Waals surface area contributed by atoms with Crippen LogP contribution in [0.25, 0.3) is 32.6 Å². The molecule has 0 aliphatic heterocycles. The van der Waals surface area contributed by atoms with Crippen molar-refractivity contribution in [2.24, 2.45) is 0 Å². The van der Waals surface area contributed by atoms with E-state index in [0.29, 0.717) is 0 Å². The molecule has 0 bridgehead atoms. The second kappa shape index (κ2) is 14.7. The SMILES string of the molecule is CC.CC.CC.CCn1c2ccccc2c2c3ccccc3ccc21.CNC. The van der Waals surface area contributed by atoms with Crippen LogP contribution in [-0.4, -0.2) is 18.7 Å². The molecular weight excluding hydrogens is 340 g/mol. The summed E-state index contributed by atoms with van der Waals surface area (Å²) in [5.41, 5.74) is 2.67. The number of nitrogens with one attached hydrogen (secondary N) is 1. The molecular formula is C26H40N2. The molecule has 1 heterocycles. The van der Waals surface area contributed by atoms with Crippen LogP contribution in [0.5, 0.6) is 0 Å². The van der Waals surface area contributed by atoms with Crippen molar-refractivity contribution in [3.05, 3.63) is 60.7 Å². The van der Waals surface area contributed by atoms with Gasteiger partial charge in [-0.15, -0.1) is 0 Å². The normalized spacial score (nSPS) is 9.18. The fourth-order valence-electron chi connectivity index (χ4n) is 3.16. The lowest BCUT2D eigenvalue weighted by Gasteiger charge is -2.03. The molecule has 0 radical (unpaired) electrons. The van der Waals surface area contributed by atoms with Crippen LogP contribution in [0, 0.1) is 0 Å². The van der Waals surface area contributed by atoms with Crippen molar-refractivity contribution in [2.75, 3.05) is 14.1 Å². The van der Waals surface area contributed by atoms with Crippen molar-refractivity contribution in [3.8, 4) is 0 Å². The van der Waals surface area contributed by atoms with Crippen LogP contribution < -0.4 is 5.32 Å². The zero-order chi connectivity index (χ0) is 21.5. The summed E-state index contributed by atoms with van der Waals surface area (Å²) in [4.78, 5) is 0. The number of aromatic nitrogens is 1. The van der Waals surface area contributed by atoms with Crippen molar-refractivity contribution in [3.63, 3.8) is 0 Å². The largest absolute Gasteiger partial charge is 0.341 e. The van der Waals surface area contributed by atoms with Crippen molar-refractivity contribution in [2.45, 2.75) is 55.0 Å². The quantitative estimate of drug-likeness (QED) is 0.355. The van der Waals surface area contributed by atoms with Crippen LogP contribution >= 0.6 is 0 Å². The van der Waals surface area contributed by atoms with E-state index in [0.717, 1.165) is 6.54 Å². The first-order chi connectivity index (χ1) is 13.8. The van der Waals surface area contributed by atoms with E-state index in [1.807, 2.05) is 55.6 Å². The fourth-order valence-corrected chi connectivity index (χ4v) is 3.16. The van der Waals surface area contributed by atoms with Gasteiger partial charge in [-0.05, 0) is 43.9 Å². The maximum atomic E-state index is 2.75. The molecule has 154 valence electrons. The second-order valence-electron chi connectivity index (χ2n) is 5.44. The summed E-state index contributed by atoms with van der Waals surface area (Å²) >= 11 is 0. The lowest BCUT2D eigenvalue weighted by Crippen LogP contribution is -1.92. The molecule has 0 amide bonds. The lowest BCUT2D eigenvalue weighted by molar-refractivity contribution is 0.827. The Morgan fingerprint density at radius 3 is 1.71 bits per heavy atom. The number of nitrogens with zero attached hydrogens (tertiary/aromatic N) is 1. The van der Waals surface area contributed by atoms with Gasteiger partial charge in [0.25, 0.3) is 0 Å². The number of hydrogen-bond acceptors (Lipinski definition) is 1. The van der Waals surface area contributed by atoms with E-state index < -0.39 is 0 Å². The van der Waals surface area contributed by atoms with Gasteiger partial charge in [0.1, 0.15) is 0 Å². The Bertz CT molecular complexity index is 920. The third-order valence-electron chi connectivity index (χ3n) is 3.98. The summed E-state index contributed by atoms with van der Waals surface area (Å²) in [6, 6.07) is 21.8. The highest BCUT2D eigenvalue weighted by atomic mass is 15.0. The number of para-hydroxylation sites is 1. The number of aryl methyl sites for hydroxylation is 1. The van der Waals surface area contributed by atoms with Crippen LogP contribution in [0.1, 0.15) is 48.5 Å². The monoisotopic (exact) mass is 380 g/mol. The third-order valence-corrected chi connectivity index (χ3v) is 3.98. The maximum absolute atomic E-state index is 2.75. The fraction of sp³-hybridized carbons (Fsp3) is 0.385. The predicted molar refractivity (Wildman–Crippen MR) is 132 cm³/mol. The average Bonchev–Trinajstić information content (AvgIpc) is 3.12. The number of hydrogen-bond donors (Lipinski definition) is 1. The molecule has 2 heteroatoms. The van der Waals surface area contributed by atoms with Crippen molar-refractivity contribution in [1.82, 2.24) is 9.88 Å². The zero-order valence-corrected chi connectivity index (χ0v) is 19.4. The molecule has 28 heavy (non-hydrogen) atoms. The van der Waals surface area contributed by atoms with Crippen LogP contribution in [0.4, 0.5) is 0 Å². The summed E-state index contributed by atoms with van der Waals surface area (Å²) in [6.45, 7) is 15.2. The Balaban J connectivity index is 0.000000713. The molecule has 2 nitrogen and oxygen atoms in total. The van der Waals surface area contributed by atoms with Gasteiger partial charge in [0.05, 0.1) is 0 Å². The summed E-state index contributed by atoms with van der Waals surface area (Å²) in [6.07, 6.45) is 0. The predicted octanol–water partition coefficient (Wildman–Crippen LogP) is 7.88. The van der Waals surface area contributed by atoms with E-state index in [2.05, 4.69) is 77.5 Å². The third kappa shape index (κ3) is 5.59. The minimum atomic E-state index is 1.00. The zero-order valence-electron chi connectivity index (χ0n) is 19.4. The number of rotatable bonds is 1. The molecule has 4 aromatic rings. The van der Waals surface area contributed by atoms with E-state index >= 15 is 0 Å². The van der Waals surface area contributed by atoms with Gasteiger partial charge in [-0.25, -0.2) is 0 Å². The van der Waals surface area contributed by atoms with Crippen molar-refractivity contribution >= 4 is 32.6 Å². The Hall–Kier alpha value is -2.32. The van der Waals surface area contributed by atoms with Crippen LogP contribution in [0.3, 0.4) is 0 Å². The van der Waals surface area contributed by atoms with Crippen molar-refractivity contribution < 1.29 is 0 Å². The van der Waals surface area contributed by atoms with Crippen LogP contribution in [-0.2, 0) is 6.54 Å². The van der Waals surface area contributed by atoms with Gasteiger partial charge in [0.15, 0.2) is 0 Å². The van der Waals surface area contributed by atoms with Gasteiger partial charge in [-0.3, -0.25) is 0 Å². The molecule has 0 aliphatic rings. The molecule has 0 saturated carbocycles. The number of benzene rings is 3. The summed E-state index contributed by atoms with van der Waals surface area (Å²) in [7, 11) is 3.75. The molecule has 0 fully saturated rings. The van der Waals surface area contributed by atoms with E-state index in [9.17, 15) is 0 Å². The summed E-state index contributed by atoms with van der Waals surface area (Å²) < 4.78 is 2.40. The maximum Gasteiger partial charge on any atom is 0.0497 e. The highest BCUT2D eigenvalue weighted by Gasteiger charge is 2.11. The first-order valence-electron chi connectivity index (χ1n) is 10.8. The molecule has 4 rings (SSSR count). The van der Waals surface area contributed by atoms with E-state index in [1.54, 1.807) is 0 Å². The number of fused-ring (bicyclic) bond motifs is 5. The molecule has 1 aromatic heterocycles. The topological polar surface area (TPSA) is 17.0 Å². The molecule has 0 atom stereocenters. The first kappa shape index (κ1) is 25.7. The van der Waals surface area contributed by atoms with Gasteiger partial charge in [0, 0.05) is 28.4 Å². The van der Waals surface area contributed by atoms with E-state index in [4.69, 9.17) is 0 Å². The average molecular weight is 381 g/mol. The second-order valence-corrected chi connectivity index (χ2v) is 5.44. The highest BCUT2D eigenvalue weighted by molar-refractivity contribution is 6.20. The van der Waals surface area contributed by atoms with Gasteiger partial charge < -0.3 is 9.88 Å². The van der Waals surface area contributed by atoms with Gasteiger partial charge in [0.2, 0.25) is 0 Å². The molecule has 0 saturated heterocycles. The van der Waals surface area contributed by atoms with Crippen LogP contribution in [0.15, 0.2) is 60.7 Å². The Morgan fingerprint density at radius 2 is 1.14 bits per heavy atom. The molecule has 0 spiro atoms. The smallest absolute Gasteiger partial charge is 0.0497 e. The molecule has 0 aliphatic carbocycles. The molecule has 3 aromatic carbocycles. The van der Waals surface area contributed by atoms with E-state index in [-0.39, 0.29) is 0 Å². The van der Waals surface area contributed by atoms with Gasteiger partial charge in [-0.2, -0.15) is 0 Å². The minimum Gasteiger partial charge on any atom is -0.341 e. The van der Waals surface area contributed by atoms with Gasteiger partial charge >= 0.3 is 0 Å². The summed E-state index contributed by atoms with van der Waals surface area (Å²) in [5.74, 6) is 0. The molecule has 1 N–H and O–H groups in total. The Labute approximate surface area is 172 Å². The minimum absolute atomic E-state index is 1.00. The van der Waals surface area contributed by atoms with Gasteiger partial charge in [-0.1, -0.05) is 90.1 Å². The first-order valence-corrected chi connectivity index (χ1v) is 10.8. The van der Waals surface area contributed by atoms with Crippen molar-refractivity contribution in [1.29, 1.82) is 0 Å². The molecule has 0 unspecified atom stereocenters. The summed E-state index contributed by atoms with van der Waals surface area (Å²) in [5, 5.41) is 8.16. The van der Waals surface area contributed by atoms with Crippen LogP contribution in [0.2, 0.25) is 0 Å². The highest BCUT2D eigenvalue weighted by Crippen LogP contribution is 2.34. The lowest BCUT2D eigenvalue weighted by atomic mass is 10.0. The Kier molecular flexibility index (Phi) is 13.5. The Morgan fingerprint density at radius 1 is 0.643 bits per heavy atom. The van der Waals surface area contributed by atoms with E-state index in [1.165, 1.54) is 32.6 Å². The standard InChI is InChI=1S/C18H15N.C2H7N.3C2H6/c1-2-19-16-10-6-5-9-15(16)18-14-8-4-3-7-13(14)11-12-17(18)19;1-3-2;3*1-2/h3-12H,2H2,1H3;3H,1-2H3;3*1-2H3.